The van der Waals surface area contributed by atoms with Crippen LogP contribution in [0.1, 0.15) is 28.8 Å². The van der Waals surface area contributed by atoms with E-state index in [9.17, 15) is 27.5 Å². The van der Waals surface area contributed by atoms with Gasteiger partial charge in [-0.25, -0.2) is 4.39 Å². The maximum atomic E-state index is 13.3. The van der Waals surface area contributed by atoms with Crippen molar-refractivity contribution in [1.82, 2.24) is 0 Å². The molecule has 4 nitrogen and oxygen atoms in total. The average Bonchev–Trinajstić information content (AvgIpc) is 2.62. The molecule has 1 fully saturated rings. The molecule has 2 aromatic carbocycles. The number of rotatable bonds is 3. The van der Waals surface area contributed by atoms with E-state index in [0.717, 1.165) is 24.8 Å². The molecule has 144 valence electrons. The van der Waals surface area contributed by atoms with Gasteiger partial charge >= 0.3 is 6.18 Å². The molecule has 0 saturated carbocycles. The monoisotopic (exact) mass is 382 g/mol. The van der Waals surface area contributed by atoms with Gasteiger partial charge in [0, 0.05) is 30.0 Å². The van der Waals surface area contributed by atoms with E-state index < -0.39 is 23.5 Å². The van der Waals surface area contributed by atoms with Crippen LogP contribution in [0.3, 0.4) is 0 Å². The van der Waals surface area contributed by atoms with Gasteiger partial charge in [0.05, 0.1) is 11.7 Å². The maximum absolute atomic E-state index is 13.3. The normalized spacial score (nSPS) is 15.7. The number of aliphatic hydroxyl groups is 1. The lowest BCUT2D eigenvalue weighted by atomic mass is 10.1. The molecule has 8 heteroatoms. The van der Waals surface area contributed by atoms with Gasteiger partial charge in [0.1, 0.15) is 5.82 Å². The van der Waals surface area contributed by atoms with Crippen molar-refractivity contribution in [2.75, 3.05) is 23.3 Å². The summed E-state index contributed by atoms with van der Waals surface area (Å²) in [7, 11) is 0. The number of benzene rings is 2. The quantitative estimate of drug-likeness (QED) is 0.788. The molecule has 1 heterocycles. The molecule has 0 atom stereocenters. The van der Waals surface area contributed by atoms with Crippen molar-refractivity contribution in [2.45, 2.75) is 25.1 Å². The Morgan fingerprint density at radius 1 is 1.07 bits per heavy atom. The molecule has 2 aromatic rings. The number of nitrogens with zero attached hydrogens (tertiary/aromatic N) is 1. The first-order valence-electron chi connectivity index (χ1n) is 8.45. The highest BCUT2D eigenvalue weighted by molar-refractivity contribution is 6.04. The van der Waals surface area contributed by atoms with Crippen LogP contribution in [0.15, 0.2) is 42.5 Å². The van der Waals surface area contributed by atoms with Crippen LogP contribution in [0.5, 0.6) is 0 Å². The third kappa shape index (κ3) is 4.57. The average molecular weight is 382 g/mol. The predicted octanol–water partition coefficient (Wildman–Crippen LogP) is 4.06. The molecule has 0 unspecified atom stereocenters. The van der Waals surface area contributed by atoms with Crippen LogP contribution in [-0.2, 0) is 6.18 Å². The fourth-order valence-electron chi connectivity index (χ4n) is 2.97. The highest BCUT2D eigenvalue weighted by Gasteiger charge is 2.34. The number of aliphatic hydroxyl groups excluding tert-OH is 1. The smallest absolute Gasteiger partial charge is 0.393 e. The summed E-state index contributed by atoms with van der Waals surface area (Å²) < 4.78 is 51.6. The van der Waals surface area contributed by atoms with Gasteiger partial charge in [0.25, 0.3) is 5.91 Å². The van der Waals surface area contributed by atoms with Crippen molar-refractivity contribution >= 4 is 17.3 Å². The first kappa shape index (κ1) is 19.2. The van der Waals surface area contributed by atoms with Gasteiger partial charge in [0.15, 0.2) is 0 Å². The zero-order chi connectivity index (χ0) is 19.6. The van der Waals surface area contributed by atoms with Crippen molar-refractivity contribution in [1.29, 1.82) is 0 Å². The Morgan fingerprint density at radius 2 is 1.70 bits per heavy atom. The van der Waals surface area contributed by atoms with E-state index >= 15 is 0 Å². The van der Waals surface area contributed by atoms with Gasteiger partial charge in [0.2, 0.25) is 0 Å². The van der Waals surface area contributed by atoms with Crippen LogP contribution in [0.4, 0.5) is 28.9 Å². The minimum absolute atomic E-state index is 0.280. The van der Waals surface area contributed by atoms with E-state index in [1.54, 1.807) is 24.3 Å². The van der Waals surface area contributed by atoms with Crippen LogP contribution in [-0.4, -0.2) is 30.2 Å². The lowest BCUT2D eigenvalue weighted by Crippen LogP contribution is -2.35. The van der Waals surface area contributed by atoms with Crippen LogP contribution < -0.4 is 10.2 Å². The fraction of sp³-hybridized carbons (Fsp3) is 0.316. The molecule has 0 spiro atoms. The number of piperidine rings is 1. The van der Waals surface area contributed by atoms with Gasteiger partial charge < -0.3 is 15.3 Å². The largest absolute Gasteiger partial charge is 0.419 e. The molecule has 3 rings (SSSR count). The first-order chi connectivity index (χ1) is 12.7. The van der Waals surface area contributed by atoms with Crippen molar-refractivity contribution < 1.29 is 27.5 Å². The standard InChI is InChI=1S/C19H18F4N2O2/c20-17-6-1-12(11-16(17)19(21,22)23)18(27)24-13-2-4-14(5-3-13)25-9-7-15(26)8-10-25/h1-6,11,15,26H,7-10H2,(H,24,27). The summed E-state index contributed by atoms with van der Waals surface area (Å²) in [4.78, 5) is 14.3. The minimum atomic E-state index is -4.87. The number of nitrogens with one attached hydrogen (secondary N) is 1. The van der Waals surface area contributed by atoms with E-state index in [2.05, 4.69) is 10.2 Å². The molecule has 2 N–H and O–H groups in total. The maximum Gasteiger partial charge on any atom is 0.419 e. The number of hydrogen-bond acceptors (Lipinski definition) is 3. The van der Waals surface area contributed by atoms with E-state index in [0.29, 0.717) is 30.7 Å². The van der Waals surface area contributed by atoms with Crippen molar-refractivity contribution in [3.8, 4) is 0 Å². The Morgan fingerprint density at radius 3 is 2.30 bits per heavy atom. The molecule has 0 aliphatic carbocycles. The minimum Gasteiger partial charge on any atom is -0.393 e. The SMILES string of the molecule is O=C(Nc1ccc(N2CCC(O)CC2)cc1)c1ccc(F)c(C(F)(F)F)c1. The molecule has 1 amide bonds. The molecule has 0 aromatic heterocycles. The summed E-state index contributed by atoms with van der Waals surface area (Å²) in [6.45, 7) is 1.45. The highest BCUT2D eigenvalue weighted by Crippen LogP contribution is 2.32. The van der Waals surface area contributed by atoms with Crippen molar-refractivity contribution in [2.24, 2.45) is 0 Å². The number of carbonyl (C=O) groups is 1. The lowest BCUT2D eigenvalue weighted by molar-refractivity contribution is -0.140. The first-order valence-corrected chi connectivity index (χ1v) is 8.45. The van der Waals surface area contributed by atoms with Gasteiger partial charge in [-0.15, -0.1) is 0 Å². The molecular weight excluding hydrogens is 364 g/mol. The molecule has 1 aliphatic rings. The summed E-state index contributed by atoms with van der Waals surface area (Å²) in [5.74, 6) is -2.18. The van der Waals surface area contributed by atoms with Gasteiger partial charge in [-0.05, 0) is 55.3 Å². The third-order valence-corrected chi connectivity index (χ3v) is 4.49. The predicted molar refractivity (Wildman–Crippen MR) is 93.3 cm³/mol. The molecule has 1 saturated heterocycles. The van der Waals surface area contributed by atoms with E-state index in [1.165, 1.54) is 0 Å². The van der Waals surface area contributed by atoms with Crippen LogP contribution in [0.2, 0.25) is 0 Å². The second kappa shape index (κ2) is 7.56. The third-order valence-electron chi connectivity index (χ3n) is 4.49. The highest BCUT2D eigenvalue weighted by atomic mass is 19.4. The zero-order valence-electron chi connectivity index (χ0n) is 14.3. The van der Waals surface area contributed by atoms with Crippen LogP contribution in [0, 0.1) is 5.82 Å². The van der Waals surface area contributed by atoms with Crippen molar-refractivity contribution in [3.05, 3.63) is 59.4 Å². The van der Waals surface area contributed by atoms with E-state index in [4.69, 9.17) is 0 Å². The molecule has 0 radical (unpaired) electrons. The molecular formula is C19H18F4N2O2. The van der Waals surface area contributed by atoms with Gasteiger partial charge in [-0.1, -0.05) is 0 Å². The number of alkyl halides is 3. The zero-order valence-corrected chi connectivity index (χ0v) is 14.3. The second-order valence-corrected chi connectivity index (χ2v) is 6.41. The van der Waals surface area contributed by atoms with Crippen LogP contribution >= 0.6 is 0 Å². The topological polar surface area (TPSA) is 52.6 Å². The molecule has 0 bridgehead atoms. The van der Waals surface area contributed by atoms with E-state index in [-0.39, 0.29) is 11.7 Å². The molecule has 1 aliphatic heterocycles. The molecule has 27 heavy (non-hydrogen) atoms. The lowest BCUT2D eigenvalue weighted by Gasteiger charge is -2.31. The number of hydrogen-bond donors (Lipinski definition) is 2. The number of halogens is 4. The van der Waals surface area contributed by atoms with Crippen LogP contribution in [0.25, 0.3) is 0 Å². The number of amides is 1. The number of carbonyl (C=O) groups excluding carboxylic acids is 1. The Bertz CT molecular complexity index is 813. The summed E-state index contributed by atoms with van der Waals surface area (Å²) in [6, 6.07) is 9.01. The Balaban J connectivity index is 1.69. The van der Waals surface area contributed by atoms with Gasteiger partial charge in [-0.2, -0.15) is 13.2 Å². The van der Waals surface area contributed by atoms with Crippen molar-refractivity contribution in [3.63, 3.8) is 0 Å². The second-order valence-electron chi connectivity index (χ2n) is 6.41. The Labute approximate surface area is 153 Å². The van der Waals surface area contributed by atoms with E-state index in [1.807, 2.05) is 0 Å². The summed E-state index contributed by atoms with van der Waals surface area (Å²) in [6.07, 6.45) is -3.78. The summed E-state index contributed by atoms with van der Waals surface area (Å²) >= 11 is 0. The summed E-state index contributed by atoms with van der Waals surface area (Å²) in [5, 5.41) is 12.1. The number of anilines is 2. The summed E-state index contributed by atoms with van der Waals surface area (Å²) in [5.41, 5.74) is -0.407. The Kier molecular flexibility index (Phi) is 5.36. The fourth-order valence-corrected chi connectivity index (χ4v) is 2.97. The van der Waals surface area contributed by atoms with Gasteiger partial charge in [-0.3, -0.25) is 4.79 Å². The Hall–Kier alpha value is -2.61.